The van der Waals surface area contributed by atoms with E-state index in [-0.39, 0.29) is 24.2 Å². The Morgan fingerprint density at radius 1 is 1.48 bits per heavy atom. The van der Waals surface area contributed by atoms with E-state index in [1.54, 1.807) is 13.0 Å². The quantitative estimate of drug-likeness (QED) is 0.673. The lowest BCUT2D eigenvalue weighted by atomic mass is 10.2. The van der Waals surface area contributed by atoms with E-state index in [4.69, 9.17) is 5.11 Å². The maximum Gasteiger partial charge on any atom is 0.363 e. The van der Waals surface area contributed by atoms with Gasteiger partial charge in [0.25, 0.3) is 0 Å². The summed E-state index contributed by atoms with van der Waals surface area (Å²) in [5.74, 6) is -1.96. The van der Waals surface area contributed by atoms with Crippen molar-refractivity contribution in [2.45, 2.75) is 19.9 Å². The van der Waals surface area contributed by atoms with Gasteiger partial charge in [0.05, 0.1) is 11.5 Å². The first kappa shape index (κ1) is 14.6. The smallest absolute Gasteiger partial charge is 0.363 e. The molecule has 0 atom stereocenters. The molecule has 2 rings (SSSR count). The summed E-state index contributed by atoms with van der Waals surface area (Å²) >= 11 is 0. The molecule has 1 N–H and O–H groups in total. The number of aromatic carboxylic acids is 1. The van der Waals surface area contributed by atoms with Gasteiger partial charge in [0, 0.05) is 5.56 Å². The molecule has 0 amide bonds. The van der Waals surface area contributed by atoms with Crippen LogP contribution in [-0.4, -0.2) is 25.8 Å². The van der Waals surface area contributed by atoms with Crippen LogP contribution in [0.3, 0.4) is 0 Å². The third-order valence-electron chi connectivity index (χ3n) is 3.03. The second kappa shape index (κ2) is 5.70. The van der Waals surface area contributed by atoms with E-state index < -0.39 is 28.1 Å². The molecule has 110 valence electrons. The fraction of sp³-hybridized carbons (Fsp3) is 0.231. The van der Waals surface area contributed by atoms with Crippen molar-refractivity contribution in [3.8, 4) is 0 Å². The number of hydrogen-bond acceptors (Lipinski definition) is 4. The maximum absolute atomic E-state index is 13.6. The topological polar surface area (TPSA) is 98.3 Å². The highest BCUT2D eigenvalue weighted by Gasteiger charge is 2.31. The van der Waals surface area contributed by atoms with Crippen molar-refractivity contribution < 1.29 is 19.2 Å². The largest absolute Gasteiger partial charge is 0.476 e. The van der Waals surface area contributed by atoms with E-state index in [9.17, 15) is 19.3 Å². The fourth-order valence-corrected chi connectivity index (χ4v) is 2.09. The number of carbonyl (C=O) groups is 1. The zero-order valence-electron chi connectivity index (χ0n) is 11.1. The number of benzene rings is 1. The molecule has 0 saturated heterocycles. The number of nitrogens with zero attached hydrogens (tertiary/aromatic N) is 3. The first-order valence-corrected chi connectivity index (χ1v) is 6.16. The summed E-state index contributed by atoms with van der Waals surface area (Å²) in [5, 5.41) is 23.8. The Morgan fingerprint density at radius 3 is 2.67 bits per heavy atom. The van der Waals surface area contributed by atoms with Crippen LogP contribution in [0.1, 0.15) is 28.7 Å². The van der Waals surface area contributed by atoms with E-state index in [1.165, 1.54) is 22.9 Å². The van der Waals surface area contributed by atoms with Gasteiger partial charge in [-0.1, -0.05) is 25.1 Å². The Balaban J connectivity index is 2.54. The molecule has 1 heterocycles. The average Bonchev–Trinajstić information content (AvgIpc) is 2.80. The molecule has 0 bridgehead atoms. The van der Waals surface area contributed by atoms with Crippen molar-refractivity contribution >= 4 is 11.7 Å². The normalized spacial score (nSPS) is 10.6. The Kier molecular flexibility index (Phi) is 3.97. The van der Waals surface area contributed by atoms with Crippen molar-refractivity contribution in [2.24, 2.45) is 0 Å². The lowest BCUT2D eigenvalue weighted by molar-refractivity contribution is -0.386. The van der Waals surface area contributed by atoms with Gasteiger partial charge >= 0.3 is 11.7 Å². The molecule has 1 aromatic heterocycles. The lowest BCUT2D eigenvalue weighted by Gasteiger charge is -2.06. The van der Waals surface area contributed by atoms with Gasteiger partial charge in [0.15, 0.2) is 0 Å². The first-order chi connectivity index (χ1) is 9.95. The molecule has 0 saturated carbocycles. The SMILES string of the molecule is CCc1c([N+](=O)[O-])c(C(=O)O)nn1Cc1ccccc1F. The number of aromatic nitrogens is 2. The van der Waals surface area contributed by atoms with Crippen LogP contribution in [0.5, 0.6) is 0 Å². The van der Waals surface area contributed by atoms with Gasteiger partial charge in [0.2, 0.25) is 5.69 Å². The first-order valence-electron chi connectivity index (χ1n) is 6.16. The van der Waals surface area contributed by atoms with Crippen LogP contribution >= 0.6 is 0 Å². The number of halogens is 1. The molecule has 2 aromatic rings. The molecule has 0 fully saturated rings. The van der Waals surface area contributed by atoms with E-state index in [0.29, 0.717) is 0 Å². The summed E-state index contributed by atoms with van der Waals surface area (Å²) in [5.41, 5.74) is -0.739. The molecule has 8 heteroatoms. The number of rotatable bonds is 5. The molecule has 0 aliphatic heterocycles. The standard InChI is InChI=1S/C13H12FN3O4/c1-2-10-12(17(20)21)11(13(18)19)15-16(10)7-8-5-3-4-6-9(8)14/h3-6H,2,7H2,1H3,(H,18,19). The van der Waals surface area contributed by atoms with Crippen molar-refractivity contribution in [1.29, 1.82) is 0 Å². The molecular weight excluding hydrogens is 281 g/mol. The highest BCUT2D eigenvalue weighted by atomic mass is 19.1. The minimum absolute atomic E-state index is 0.0655. The van der Waals surface area contributed by atoms with Crippen molar-refractivity contribution in [3.63, 3.8) is 0 Å². The predicted octanol–water partition coefficient (Wildman–Crippen LogP) is 2.24. The lowest BCUT2D eigenvalue weighted by Crippen LogP contribution is -2.08. The summed E-state index contributed by atoms with van der Waals surface area (Å²) in [6.45, 7) is 1.58. The van der Waals surface area contributed by atoms with Gasteiger partial charge in [-0.2, -0.15) is 5.10 Å². The summed E-state index contributed by atoms with van der Waals surface area (Å²) in [4.78, 5) is 21.4. The van der Waals surface area contributed by atoms with E-state index in [0.717, 1.165) is 0 Å². The van der Waals surface area contributed by atoms with Crippen molar-refractivity contribution in [2.75, 3.05) is 0 Å². The molecule has 7 nitrogen and oxygen atoms in total. The molecule has 0 aliphatic rings. The molecule has 21 heavy (non-hydrogen) atoms. The molecule has 0 radical (unpaired) electrons. The van der Waals surface area contributed by atoms with E-state index >= 15 is 0 Å². The summed E-state index contributed by atoms with van der Waals surface area (Å²) in [6.07, 6.45) is 0.213. The van der Waals surface area contributed by atoms with Gasteiger partial charge in [-0.3, -0.25) is 14.8 Å². The second-order valence-electron chi connectivity index (χ2n) is 4.31. The zero-order valence-corrected chi connectivity index (χ0v) is 11.1. The van der Waals surface area contributed by atoms with E-state index in [1.807, 2.05) is 0 Å². The van der Waals surface area contributed by atoms with Crippen molar-refractivity contribution in [1.82, 2.24) is 9.78 Å². The van der Waals surface area contributed by atoms with Crippen molar-refractivity contribution in [3.05, 3.63) is 57.1 Å². The molecule has 1 aromatic carbocycles. The van der Waals surface area contributed by atoms with Gasteiger partial charge in [0.1, 0.15) is 11.5 Å². The second-order valence-corrected chi connectivity index (χ2v) is 4.31. The summed E-state index contributed by atoms with van der Waals surface area (Å²) in [7, 11) is 0. The van der Waals surface area contributed by atoms with Gasteiger partial charge in [-0.15, -0.1) is 0 Å². The number of nitro groups is 1. The van der Waals surface area contributed by atoms with Crippen LogP contribution in [0.4, 0.5) is 10.1 Å². The minimum atomic E-state index is -1.48. The minimum Gasteiger partial charge on any atom is -0.476 e. The van der Waals surface area contributed by atoms with Gasteiger partial charge in [-0.25, -0.2) is 9.18 Å². The highest BCUT2D eigenvalue weighted by Crippen LogP contribution is 2.25. The van der Waals surface area contributed by atoms with Crippen LogP contribution in [0, 0.1) is 15.9 Å². The maximum atomic E-state index is 13.6. The van der Waals surface area contributed by atoms with Crippen LogP contribution in [-0.2, 0) is 13.0 Å². The Bertz CT molecular complexity index is 711. The Labute approximate surface area is 118 Å². The van der Waals surface area contributed by atoms with E-state index in [2.05, 4.69) is 5.10 Å². The van der Waals surface area contributed by atoms with Gasteiger partial charge in [-0.05, 0) is 12.5 Å². The molecule has 0 spiro atoms. The van der Waals surface area contributed by atoms with Crippen LogP contribution in [0.15, 0.2) is 24.3 Å². The predicted molar refractivity (Wildman–Crippen MR) is 70.7 cm³/mol. The zero-order chi connectivity index (χ0) is 15.6. The van der Waals surface area contributed by atoms with Gasteiger partial charge < -0.3 is 5.11 Å². The number of carboxylic acids is 1. The highest BCUT2D eigenvalue weighted by molar-refractivity contribution is 5.90. The summed E-state index contributed by atoms with van der Waals surface area (Å²) in [6, 6.07) is 5.92. The third-order valence-corrected chi connectivity index (χ3v) is 3.03. The molecule has 0 unspecified atom stereocenters. The molecular formula is C13H12FN3O4. The monoisotopic (exact) mass is 293 g/mol. The Morgan fingerprint density at radius 2 is 2.14 bits per heavy atom. The van der Waals surface area contributed by atoms with Crippen LogP contribution in [0.2, 0.25) is 0 Å². The van der Waals surface area contributed by atoms with Crippen LogP contribution in [0.25, 0.3) is 0 Å². The third kappa shape index (κ3) is 2.73. The average molecular weight is 293 g/mol. The summed E-state index contributed by atoms with van der Waals surface area (Å²) < 4.78 is 14.8. The molecule has 0 aliphatic carbocycles. The number of carboxylic acid groups (broad SMARTS) is 1. The van der Waals surface area contributed by atoms with Crippen LogP contribution < -0.4 is 0 Å². The fourth-order valence-electron chi connectivity index (χ4n) is 2.09. The Hall–Kier alpha value is -2.77. The number of hydrogen-bond donors (Lipinski definition) is 1.